The van der Waals surface area contributed by atoms with Crippen molar-refractivity contribution in [2.75, 3.05) is 0 Å². The fraction of sp³-hybridized carbons (Fsp3) is 0.594. The van der Waals surface area contributed by atoms with Crippen LogP contribution in [0.1, 0.15) is 88.5 Å². The number of carboxylic acids is 1. The van der Waals surface area contributed by atoms with Gasteiger partial charge < -0.3 is 15.7 Å². The smallest absolute Gasteiger partial charge is 0.309 e. The molecule has 0 radical (unpaired) electrons. The average Bonchev–Trinajstić information content (AvgIpc) is 3.43. The van der Waals surface area contributed by atoms with E-state index < -0.39 is 45.7 Å². The maximum Gasteiger partial charge on any atom is 0.309 e. The molecule has 42 heavy (non-hydrogen) atoms. The molecule has 7 aliphatic rings. The number of amides is 2. The van der Waals surface area contributed by atoms with Crippen LogP contribution in [0.4, 0.5) is 4.39 Å². The number of fused-ring (bicyclic) bond motifs is 6. The number of nitrogens with one attached hydrogen (secondary N) is 3. The van der Waals surface area contributed by atoms with Crippen molar-refractivity contribution in [1.29, 1.82) is 0 Å². The Morgan fingerprint density at radius 1 is 1.02 bits per heavy atom. The molecular formula is C32H36Cl2FN3O4. The monoisotopic (exact) mass is 615 g/mol. The molecule has 2 amide bonds. The molecule has 10 heteroatoms. The van der Waals surface area contributed by atoms with Gasteiger partial charge in [0.05, 0.1) is 21.9 Å². The van der Waals surface area contributed by atoms with Crippen LogP contribution < -0.4 is 16.0 Å². The average molecular weight is 617 g/mol. The summed E-state index contributed by atoms with van der Waals surface area (Å²) >= 11 is 12.8. The lowest BCUT2D eigenvalue weighted by Gasteiger charge is -2.52. The third kappa shape index (κ3) is 3.83. The Balaban J connectivity index is 1.35. The number of hydrogen-bond donors (Lipinski definition) is 4. The molecule has 1 unspecified atom stereocenters. The van der Waals surface area contributed by atoms with Crippen LogP contribution in [0.2, 0.25) is 5.02 Å². The van der Waals surface area contributed by atoms with E-state index in [2.05, 4.69) is 16.0 Å². The number of aliphatic carboxylic acids is 1. The van der Waals surface area contributed by atoms with Crippen molar-refractivity contribution >= 4 is 41.0 Å². The summed E-state index contributed by atoms with van der Waals surface area (Å²) in [6.45, 7) is 0. The molecule has 2 aliphatic heterocycles. The van der Waals surface area contributed by atoms with E-state index in [4.69, 9.17) is 23.2 Å². The number of rotatable bonds is 4. The topological polar surface area (TPSA) is 108 Å². The minimum atomic E-state index is -1.24. The van der Waals surface area contributed by atoms with Crippen molar-refractivity contribution in [3.63, 3.8) is 0 Å². The second kappa shape index (κ2) is 9.80. The second-order valence-electron chi connectivity index (χ2n) is 13.5. The standard InChI is InChI=1S/C32H36Cl2FN3O4/c33-18-7-8-20-22(17-18)36-27(40)32(20)23(19-5-4-6-21(34)24(19)35)25(37-31(32)9-2-1-3-10-31)26(39)38-30-14-11-29(12-15-30,13-16-30)28(41)42/h4-6,8,17-18,23,25,37H,1-3,7,9-16H2,(H,36,40)(H,38,39)(H,41,42)/t18?,23-,25+,29?,30?,32+/m0/s1. The van der Waals surface area contributed by atoms with Gasteiger partial charge in [-0.05, 0) is 81.1 Å². The molecule has 7 nitrogen and oxygen atoms in total. The third-order valence-electron chi connectivity index (χ3n) is 11.6. The fourth-order valence-electron chi connectivity index (χ4n) is 9.45. The van der Waals surface area contributed by atoms with Crippen molar-refractivity contribution in [2.45, 2.75) is 105 Å². The Morgan fingerprint density at radius 3 is 2.38 bits per heavy atom. The second-order valence-corrected chi connectivity index (χ2v) is 14.4. The van der Waals surface area contributed by atoms with Crippen molar-refractivity contribution in [2.24, 2.45) is 10.8 Å². The number of hydrogen-bond acceptors (Lipinski definition) is 4. The van der Waals surface area contributed by atoms with E-state index in [1.54, 1.807) is 12.1 Å². The highest BCUT2D eigenvalue weighted by molar-refractivity contribution is 6.30. The van der Waals surface area contributed by atoms with E-state index in [9.17, 15) is 19.5 Å². The summed E-state index contributed by atoms with van der Waals surface area (Å²) in [6.07, 6.45) is 11.8. The first-order valence-corrected chi connectivity index (χ1v) is 16.0. The van der Waals surface area contributed by atoms with Gasteiger partial charge in [-0.2, -0.15) is 0 Å². The molecule has 2 saturated heterocycles. The Labute approximate surface area is 254 Å². The third-order valence-corrected chi connectivity index (χ3v) is 12.2. The van der Waals surface area contributed by atoms with Gasteiger partial charge in [-0.1, -0.05) is 49.1 Å². The lowest BCUT2D eigenvalue weighted by Crippen LogP contribution is -2.62. The maximum absolute atomic E-state index is 16.1. The summed E-state index contributed by atoms with van der Waals surface area (Å²) in [7, 11) is 0. The first-order valence-electron chi connectivity index (χ1n) is 15.2. The summed E-state index contributed by atoms with van der Waals surface area (Å²) in [5, 5.41) is 19.7. The quantitative estimate of drug-likeness (QED) is 0.336. The van der Waals surface area contributed by atoms with Gasteiger partial charge in [0.15, 0.2) is 0 Å². The Morgan fingerprint density at radius 2 is 1.71 bits per heavy atom. The predicted molar refractivity (Wildman–Crippen MR) is 157 cm³/mol. The number of carboxylic acid groups (broad SMARTS) is 1. The van der Waals surface area contributed by atoms with Gasteiger partial charge in [0.2, 0.25) is 11.8 Å². The van der Waals surface area contributed by atoms with Gasteiger partial charge in [0.1, 0.15) is 11.2 Å². The van der Waals surface area contributed by atoms with Gasteiger partial charge in [-0.3, -0.25) is 19.7 Å². The van der Waals surface area contributed by atoms with Crippen molar-refractivity contribution < 1.29 is 23.9 Å². The molecule has 0 aromatic heterocycles. The first kappa shape index (κ1) is 28.4. The molecule has 4 saturated carbocycles. The van der Waals surface area contributed by atoms with Gasteiger partial charge >= 0.3 is 5.97 Å². The van der Waals surface area contributed by atoms with Gasteiger partial charge in [-0.25, -0.2) is 4.39 Å². The van der Waals surface area contributed by atoms with Crippen molar-refractivity contribution in [1.82, 2.24) is 16.0 Å². The first-order chi connectivity index (χ1) is 20.1. The van der Waals surface area contributed by atoms with Crippen LogP contribution in [0, 0.1) is 16.6 Å². The molecule has 2 spiro atoms. The highest BCUT2D eigenvalue weighted by atomic mass is 35.5. The zero-order valence-electron chi connectivity index (χ0n) is 23.4. The molecule has 8 rings (SSSR count). The van der Waals surface area contributed by atoms with Gasteiger partial charge in [-0.15, -0.1) is 11.6 Å². The van der Waals surface area contributed by atoms with E-state index in [1.807, 2.05) is 12.2 Å². The van der Waals surface area contributed by atoms with Crippen LogP contribution in [0.25, 0.3) is 0 Å². The van der Waals surface area contributed by atoms with Gasteiger partial charge in [0.25, 0.3) is 0 Å². The normalized spacial score (nSPS) is 38.2. The SMILES string of the molecule is O=C(NC12CCC(C(=O)O)(CC1)CC2)[C@@H]1NC2(CCCCC2)[C@@]2(C(=O)NC3=CC(Cl)CC=C32)[C@H]1c1cccc(Cl)c1F. The minimum absolute atomic E-state index is 0.0535. The Hall–Kier alpha value is -2.42. The van der Waals surface area contributed by atoms with E-state index >= 15 is 4.39 Å². The largest absolute Gasteiger partial charge is 0.481 e. The van der Waals surface area contributed by atoms with Crippen molar-refractivity contribution in [3.05, 3.63) is 58.0 Å². The highest BCUT2D eigenvalue weighted by Crippen LogP contribution is 2.65. The summed E-state index contributed by atoms with van der Waals surface area (Å²) < 4.78 is 16.1. The number of halogens is 3. The highest BCUT2D eigenvalue weighted by Gasteiger charge is 2.73. The van der Waals surface area contributed by atoms with Crippen molar-refractivity contribution in [3.8, 4) is 0 Å². The molecular weight excluding hydrogens is 580 g/mol. The molecule has 4 N–H and O–H groups in total. The summed E-state index contributed by atoms with van der Waals surface area (Å²) in [4.78, 5) is 41.0. The van der Waals surface area contributed by atoms with E-state index in [0.717, 1.165) is 24.8 Å². The zero-order chi connectivity index (χ0) is 29.5. The molecule has 5 aliphatic carbocycles. The minimum Gasteiger partial charge on any atom is -0.481 e. The zero-order valence-corrected chi connectivity index (χ0v) is 24.9. The molecule has 2 bridgehead atoms. The Kier molecular flexibility index (Phi) is 6.61. The predicted octanol–water partition coefficient (Wildman–Crippen LogP) is 5.47. The van der Waals surface area contributed by atoms with Gasteiger partial charge in [0, 0.05) is 22.7 Å². The van der Waals surface area contributed by atoms with Crippen LogP contribution in [0.3, 0.4) is 0 Å². The molecule has 4 atom stereocenters. The van der Waals surface area contributed by atoms with Crippen LogP contribution in [0.15, 0.2) is 41.6 Å². The van der Waals surface area contributed by atoms with E-state index in [1.165, 1.54) is 6.07 Å². The Bertz CT molecular complexity index is 1410. The number of alkyl halides is 1. The lowest BCUT2D eigenvalue weighted by atomic mass is 9.54. The number of carbonyl (C=O) groups is 3. The number of allylic oxidation sites excluding steroid dienone is 3. The fourth-order valence-corrected chi connectivity index (χ4v) is 9.85. The lowest BCUT2D eigenvalue weighted by molar-refractivity contribution is -0.157. The number of benzene rings is 1. The maximum atomic E-state index is 16.1. The molecule has 1 aromatic carbocycles. The molecule has 6 fully saturated rings. The number of carbonyl (C=O) groups excluding carboxylic acids is 2. The molecule has 224 valence electrons. The summed E-state index contributed by atoms with van der Waals surface area (Å²) in [6, 6.07) is 3.91. The van der Waals surface area contributed by atoms with Crippen LogP contribution >= 0.6 is 23.2 Å². The summed E-state index contributed by atoms with van der Waals surface area (Å²) in [5.74, 6) is -2.75. The van der Waals surface area contributed by atoms with Crippen LogP contribution in [-0.4, -0.2) is 45.4 Å². The van der Waals surface area contributed by atoms with Crippen LogP contribution in [-0.2, 0) is 14.4 Å². The van der Waals surface area contributed by atoms with E-state index in [0.29, 0.717) is 63.5 Å². The summed E-state index contributed by atoms with van der Waals surface area (Å²) in [5.41, 5.74) is -1.54. The van der Waals surface area contributed by atoms with Crippen LogP contribution in [0.5, 0.6) is 0 Å². The molecule has 2 heterocycles. The molecule has 1 aromatic rings. The van der Waals surface area contributed by atoms with E-state index in [-0.39, 0.29) is 27.8 Å².